The lowest BCUT2D eigenvalue weighted by Gasteiger charge is -2.22. The van der Waals surface area contributed by atoms with Crippen molar-refractivity contribution < 1.29 is 9.52 Å². The lowest BCUT2D eigenvalue weighted by molar-refractivity contribution is -0.645. The topological polar surface area (TPSA) is 47.2 Å². The molecule has 1 amide bonds. The summed E-state index contributed by atoms with van der Waals surface area (Å²) in [5.41, 5.74) is 1.21. The van der Waals surface area contributed by atoms with E-state index in [2.05, 4.69) is 12.1 Å². The van der Waals surface area contributed by atoms with Crippen molar-refractivity contribution in [1.82, 2.24) is 4.90 Å². The van der Waals surface area contributed by atoms with Crippen molar-refractivity contribution in [3.8, 4) is 0 Å². The van der Waals surface area contributed by atoms with E-state index in [-0.39, 0.29) is 11.7 Å². The number of pyridine rings is 1. The molecule has 0 saturated heterocycles. The average molecular weight is 385 g/mol. The molecule has 0 aliphatic heterocycles. The van der Waals surface area contributed by atoms with E-state index in [4.69, 9.17) is 0 Å². The second-order valence-electron chi connectivity index (χ2n) is 5.78. The maximum atomic E-state index is 12.8. The van der Waals surface area contributed by atoms with Crippen molar-refractivity contribution in [3.05, 3.63) is 87.9 Å². The first kappa shape index (κ1) is 18.5. The van der Waals surface area contributed by atoms with Gasteiger partial charge in [0.05, 0.1) is 12.3 Å². The number of carbonyl (C=O) groups excluding carboxylic acids is 1. The summed E-state index contributed by atoms with van der Waals surface area (Å²) >= 11 is 2.93. The van der Waals surface area contributed by atoms with Gasteiger partial charge in [-0.3, -0.25) is 4.79 Å². The number of thiophene rings is 1. The molecule has 3 aromatic rings. The van der Waals surface area contributed by atoms with Crippen LogP contribution >= 0.6 is 23.1 Å². The SMILES string of the molecule is O=C(CSc1cccc[n+]1[O-])N(CCc1ccccc1)Cc1cccs1. The summed E-state index contributed by atoms with van der Waals surface area (Å²) < 4.78 is 0.797. The fourth-order valence-corrected chi connectivity index (χ4v) is 4.08. The fourth-order valence-electron chi connectivity index (χ4n) is 2.54. The highest BCUT2D eigenvalue weighted by atomic mass is 32.2. The van der Waals surface area contributed by atoms with Crippen LogP contribution in [-0.2, 0) is 17.8 Å². The number of thioether (sulfide) groups is 1. The molecule has 0 bridgehead atoms. The van der Waals surface area contributed by atoms with Crippen LogP contribution in [-0.4, -0.2) is 23.1 Å². The molecule has 134 valence electrons. The minimum Gasteiger partial charge on any atom is -0.618 e. The molecule has 6 heteroatoms. The van der Waals surface area contributed by atoms with Crippen LogP contribution in [0.5, 0.6) is 0 Å². The summed E-state index contributed by atoms with van der Waals surface area (Å²) in [4.78, 5) is 15.8. The van der Waals surface area contributed by atoms with Gasteiger partial charge in [-0.05, 0) is 41.3 Å². The first-order chi connectivity index (χ1) is 12.7. The molecular formula is C20H20N2O2S2. The molecule has 0 saturated carbocycles. The molecule has 0 spiro atoms. The molecule has 3 rings (SSSR count). The van der Waals surface area contributed by atoms with Crippen LogP contribution in [0.2, 0.25) is 0 Å². The van der Waals surface area contributed by atoms with Gasteiger partial charge in [0.2, 0.25) is 5.91 Å². The van der Waals surface area contributed by atoms with Gasteiger partial charge in [-0.2, -0.15) is 4.73 Å². The standard InChI is InChI=1S/C20H20N2O2S2/c23-19(16-26-20-10-4-5-12-22(20)24)21(15-18-9-6-14-25-18)13-11-17-7-2-1-3-8-17/h1-10,12,14H,11,13,15-16H2. The molecular weight excluding hydrogens is 364 g/mol. The highest BCUT2D eigenvalue weighted by Crippen LogP contribution is 2.17. The van der Waals surface area contributed by atoms with Gasteiger partial charge in [0.1, 0.15) is 0 Å². The van der Waals surface area contributed by atoms with Gasteiger partial charge in [0.15, 0.2) is 6.20 Å². The summed E-state index contributed by atoms with van der Waals surface area (Å²) in [6.07, 6.45) is 2.27. The molecule has 2 aromatic heterocycles. The van der Waals surface area contributed by atoms with E-state index in [1.165, 1.54) is 23.5 Å². The number of amides is 1. The highest BCUT2D eigenvalue weighted by molar-refractivity contribution is 7.99. The molecule has 0 radical (unpaired) electrons. The Labute approximate surface area is 161 Å². The van der Waals surface area contributed by atoms with E-state index in [1.807, 2.05) is 40.6 Å². The maximum Gasteiger partial charge on any atom is 0.251 e. The quantitative estimate of drug-likeness (QED) is 0.338. The third-order valence-electron chi connectivity index (χ3n) is 3.92. The van der Waals surface area contributed by atoms with Crippen LogP contribution < -0.4 is 4.73 Å². The van der Waals surface area contributed by atoms with E-state index in [1.54, 1.807) is 29.5 Å². The van der Waals surface area contributed by atoms with E-state index in [9.17, 15) is 10.0 Å². The van der Waals surface area contributed by atoms with Gasteiger partial charge in [0, 0.05) is 23.6 Å². The Morgan fingerprint density at radius 2 is 1.88 bits per heavy atom. The van der Waals surface area contributed by atoms with Crippen LogP contribution in [0.3, 0.4) is 0 Å². The predicted molar refractivity (Wildman–Crippen MR) is 106 cm³/mol. The fraction of sp³-hybridized carbons (Fsp3) is 0.200. The number of hydrogen-bond acceptors (Lipinski definition) is 4. The van der Waals surface area contributed by atoms with E-state index < -0.39 is 0 Å². The van der Waals surface area contributed by atoms with E-state index in [0.29, 0.717) is 18.1 Å². The van der Waals surface area contributed by atoms with Crippen LogP contribution in [0.25, 0.3) is 0 Å². The third-order valence-corrected chi connectivity index (χ3v) is 5.79. The number of hydrogen-bond donors (Lipinski definition) is 0. The third kappa shape index (κ3) is 5.34. The Morgan fingerprint density at radius 3 is 2.62 bits per heavy atom. The zero-order valence-corrected chi connectivity index (χ0v) is 15.9. The van der Waals surface area contributed by atoms with Gasteiger partial charge in [-0.1, -0.05) is 36.4 Å². The van der Waals surface area contributed by atoms with Gasteiger partial charge in [0.25, 0.3) is 5.03 Å². The van der Waals surface area contributed by atoms with Crippen LogP contribution in [0, 0.1) is 5.21 Å². The highest BCUT2D eigenvalue weighted by Gasteiger charge is 2.17. The molecule has 0 unspecified atom stereocenters. The van der Waals surface area contributed by atoms with Crippen molar-refractivity contribution in [3.63, 3.8) is 0 Å². The summed E-state index contributed by atoms with van der Waals surface area (Å²) in [6.45, 7) is 1.27. The van der Waals surface area contributed by atoms with Crippen molar-refractivity contribution in [2.24, 2.45) is 0 Å². The van der Waals surface area contributed by atoms with Crippen molar-refractivity contribution >= 4 is 29.0 Å². The maximum absolute atomic E-state index is 12.8. The predicted octanol–water partition coefficient (Wildman–Crippen LogP) is 3.75. The summed E-state index contributed by atoms with van der Waals surface area (Å²) in [5, 5.41) is 14.3. The van der Waals surface area contributed by atoms with E-state index in [0.717, 1.165) is 16.0 Å². The lowest BCUT2D eigenvalue weighted by Crippen LogP contribution is -2.34. The van der Waals surface area contributed by atoms with Gasteiger partial charge in [-0.15, -0.1) is 11.3 Å². The first-order valence-electron chi connectivity index (χ1n) is 8.37. The van der Waals surface area contributed by atoms with Gasteiger partial charge in [-0.25, -0.2) is 0 Å². The van der Waals surface area contributed by atoms with Gasteiger partial charge >= 0.3 is 0 Å². The average Bonchev–Trinajstić information content (AvgIpc) is 3.18. The zero-order chi connectivity index (χ0) is 18.2. The monoisotopic (exact) mass is 384 g/mol. The minimum absolute atomic E-state index is 0.0446. The van der Waals surface area contributed by atoms with Crippen molar-refractivity contribution in [2.75, 3.05) is 12.3 Å². The number of benzene rings is 1. The van der Waals surface area contributed by atoms with Crippen molar-refractivity contribution in [2.45, 2.75) is 18.0 Å². The van der Waals surface area contributed by atoms with Crippen LogP contribution in [0.15, 0.2) is 77.3 Å². The van der Waals surface area contributed by atoms with Gasteiger partial charge < -0.3 is 10.1 Å². The zero-order valence-electron chi connectivity index (χ0n) is 14.3. The Bertz CT molecular complexity index is 823. The molecule has 0 atom stereocenters. The molecule has 4 nitrogen and oxygen atoms in total. The van der Waals surface area contributed by atoms with Crippen molar-refractivity contribution in [1.29, 1.82) is 0 Å². The Kier molecular flexibility index (Phi) is 6.68. The molecule has 1 aromatic carbocycles. The van der Waals surface area contributed by atoms with Crippen LogP contribution in [0.1, 0.15) is 10.4 Å². The Morgan fingerprint density at radius 1 is 1.08 bits per heavy atom. The summed E-state index contributed by atoms with van der Waals surface area (Å²) in [7, 11) is 0. The molecule has 0 aliphatic rings. The molecule has 26 heavy (non-hydrogen) atoms. The Balaban J connectivity index is 1.63. The second-order valence-corrected chi connectivity index (χ2v) is 7.81. The van der Waals surface area contributed by atoms with Crippen LogP contribution in [0.4, 0.5) is 0 Å². The van der Waals surface area contributed by atoms with E-state index >= 15 is 0 Å². The minimum atomic E-state index is 0.0446. The summed E-state index contributed by atoms with van der Waals surface area (Å²) in [6, 6.07) is 19.4. The molecule has 0 aliphatic carbocycles. The second kappa shape index (κ2) is 9.40. The lowest BCUT2D eigenvalue weighted by atomic mass is 10.1. The largest absolute Gasteiger partial charge is 0.618 e. The number of rotatable bonds is 8. The molecule has 0 fully saturated rings. The summed E-state index contributed by atoms with van der Waals surface area (Å²) in [5.74, 6) is 0.301. The number of aromatic nitrogens is 1. The number of carbonyl (C=O) groups is 1. The first-order valence-corrected chi connectivity index (χ1v) is 10.2. The smallest absolute Gasteiger partial charge is 0.251 e. The molecule has 0 N–H and O–H groups in total. The normalized spacial score (nSPS) is 10.6. The number of nitrogens with zero attached hydrogens (tertiary/aromatic N) is 2. The molecule has 2 heterocycles. The Hall–Kier alpha value is -2.31.